The normalized spacial score (nSPS) is 19.4. The highest BCUT2D eigenvalue weighted by atomic mass is 79.9. The number of hydrogen-bond donors (Lipinski definition) is 1. The van der Waals surface area contributed by atoms with Crippen LogP contribution in [0.2, 0.25) is 0 Å². The van der Waals surface area contributed by atoms with E-state index in [1.807, 2.05) is 18.2 Å². The van der Waals surface area contributed by atoms with Crippen LogP contribution in [-0.4, -0.2) is 23.8 Å². The SMILES string of the molecule is CC(C)(C)OC(=O)C(ON)C1CCc2cc(Br)ccc2O1. The van der Waals surface area contributed by atoms with Crippen LogP contribution in [0, 0.1) is 0 Å². The first-order chi connectivity index (χ1) is 9.80. The van der Waals surface area contributed by atoms with Crippen molar-refractivity contribution >= 4 is 21.9 Å². The number of benzene rings is 1. The largest absolute Gasteiger partial charge is 0.487 e. The van der Waals surface area contributed by atoms with Crippen LogP contribution in [0.4, 0.5) is 0 Å². The molecule has 2 atom stereocenters. The number of hydrogen-bond acceptors (Lipinski definition) is 5. The monoisotopic (exact) mass is 357 g/mol. The van der Waals surface area contributed by atoms with Gasteiger partial charge in [-0.05, 0) is 57.4 Å². The summed E-state index contributed by atoms with van der Waals surface area (Å²) in [5.74, 6) is 5.53. The van der Waals surface area contributed by atoms with Crippen LogP contribution in [0.1, 0.15) is 32.8 Å². The van der Waals surface area contributed by atoms with Crippen molar-refractivity contribution in [1.82, 2.24) is 0 Å². The number of nitrogens with two attached hydrogens (primary N) is 1. The minimum atomic E-state index is -0.930. The molecule has 6 heteroatoms. The number of carbonyl (C=O) groups is 1. The third kappa shape index (κ3) is 4.18. The summed E-state index contributed by atoms with van der Waals surface area (Å²) in [6.07, 6.45) is 0.0617. The lowest BCUT2D eigenvalue weighted by molar-refractivity contribution is -0.176. The summed E-state index contributed by atoms with van der Waals surface area (Å²) in [7, 11) is 0. The number of halogens is 1. The van der Waals surface area contributed by atoms with E-state index in [4.69, 9.17) is 20.2 Å². The highest BCUT2D eigenvalue weighted by molar-refractivity contribution is 9.10. The van der Waals surface area contributed by atoms with Crippen LogP contribution in [0.3, 0.4) is 0 Å². The summed E-state index contributed by atoms with van der Waals surface area (Å²) >= 11 is 3.43. The molecule has 1 aromatic carbocycles. The van der Waals surface area contributed by atoms with Gasteiger partial charge >= 0.3 is 5.97 Å². The summed E-state index contributed by atoms with van der Waals surface area (Å²) in [6, 6.07) is 5.78. The fourth-order valence-corrected chi connectivity index (χ4v) is 2.65. The zero-order valence-electron chi connectivity index (χ0n) is 12.4. The number of aryl methyl sites for hydroxylation is 1. The summed E-state index contributed by atoms with van der Waals surface area (Å²) in [4.78, 5) is 17.0. The van der Waals surface area contributed by atoms with Crippen molar-refractivity contribution in [2.45, 2.75) is 51.4 Å². The molecule has 0 saturated heterocycles. The van der Waals surface area contributed by atoms with Crippen LogP contribution in [0.5, 0.6) is 5.75 Å². The van der Waals surface area contributed by atoms with Crippen LogP contribution < -0.4 is 10.6 Å². The molecule has 1 aliphatic rings. The molecule has 2 rings (SSSR count). The Bertz CT molecular complexity index is 527. The number of carbonyl (C=O) groups excluding carboxylic acids is 1. The second-order valence-corrected chi connectivity index (χ2v) is 6.95. The molecule has 0 aliphatic carbocycles. The predicted molar refractivity (Wildman–Crippen MR) is 81.8 cm³/mol. The van der Waals surface area contributed by atoms with Gasteiger partial charge in [0.05, 0.1) is 0 Å². The third-order valence-corrected chi connectivity index (χ3v) is 3.62. The third-order valence-electron chi connectivity index (χ3n) is 3.12. The molecular formula is C15H20BrNO4. The van der Waals surface area contributed by atoms with Crippen molar-refractivity contribution in [3.05, 3.63) is 28.2 Å². The van der Waals surface area contributed by atoms with Crippen molar-refractivity contribution in [3.63, 3.8) is 0 Å². The maximum absolute atomic E-state index is 12.1. The molecule has 2 unspecified atom stereocenters. The van der Waals surface area contributed by atoms with E-state index in [2.05, 4.69) is 15.9 Å². The molecule has 1 aliphatic heterocycles. The van der Waals surface area contributed by atoms with Gasteiger partial charge in [0.2, 0.25) is 6.10 Å². The fraction of sp³-hybridized carbons (Fsp3) is 0.533. The molecule has 0 aromatic heterocycles. The molecule has 5 nitrogen and oxygen atoms in total. The van der Waals surface area contributed by atoms with Gasteiger partial charge in [0, 0.05) is 4.47 Å². The Hall–Kier alpha value is -1.11. The summed E-state index contributed by atoms with van der Waals surface area (Å²) in [5.41, 5.74) is 0.506. The maximum atomic E-state index is 12.1. The van der Waals surface area contributed by atoms with Gasteiger partial charge in [-0.25, -0.2) is 10.7 Å². The van der Waals surface area contributed by atoms with Gasteiger partial charge in [-0.15, -0.1) is 0 Å². The molecule has 0 fully saturated rings. The molecule has 2 N–H and O–H groups in total. The lowest BCUT2D eigenvalue weighted by Gasteiger charge is -2.31. The van der Waals surface area contributed by atoms with Gasteiger partial charge in [0.25, 0.3) is 0 Å². The van der Waals surface area contributed by atoms with Crippen LogP contribution in [0.25, 0.3) is 0 Å². The second-order valence-electron chi connectivity index (χ2n) is 6.04. The van der Waals surface area contributed by atoms with E-state index in [9.17, 15) is 4.79 Å². The van der Waals surface area contributed by atoms with Crippen molar-refractivity contribution in [1.29, 1.82) is 0 Å². The average molecular weight is 358 g/mol. The number of fused-ring (bicyclic) bond motifs is 1. The smallest absolute Gasteiger partial charge is 0.341 e. The molecule has 0 amide bonds. The highest BCUT2D eigenvalue weighted by Gasteiger charge is 2.36. The number of esters is 1. The summed E-state index contributed by atoms with van der Waals surface area (Å²) in [5, 5.41) is 0. The van der Waals surface area contributed by atoms with Crippen LogP contribution in [-0.2, 0) is 20.8 Å². The molecule has 21 heavy (non-hydrogen) atoms. The Morgan fingerprint density at radius 2 is 2.19 bits per heavy atom. The minimum Gasteiger partial charge on any atom is -0.487 e. The Morgan fingerprint density at radius 3 is 2.81 bits per heavy atom. The Morgan fingerprint density at radius 1 is 1.48 bits per heavy atom. The van der Waals surface area contributed by atoms with E-state index in [0.29, 0.717) is 6.42 Å². The van der Waals surface area contributed by atoms with Gasteiger partial charge in [0.1, 0.15) is 17.5 Å². The van der Waals surface area contributed by atoms with Crippen molar-refractivity contribution < 1.29 is 19.1 Å². The fourth-order valence-electron chi connectivity index (χ4n) is 2.25. The highest BCUT2D eigenvalue weighted by Crippen LogP contribution is 2.31. The molecule has 0 radical (unpaired) electrons. The van der Waals surface area contributed by atoms with Crippen molar-refractivity contribution in [2.75, 3.05) is 0 Å². The zero-order valence-corrected chi connectivity index (χ0v) is 14.0. The minimum absolute atomic E-state index is 0.446. The topological polar surface area (TPSA) is 70.8 Å². The first-order valence-electron chi connectivity index (χ1n) is 6.83. The van der Waals surface area contributed by atoms with Crippen LogP contribution in [0.15, 0.2) is 22.7 Å². The van der Waals surface area contributed by atoms with Gasteiger partial charge in [0.15, 0.2) is 0 Å². The molecule has 0 bridgehead atoms. The van der Waals surface area contributed by atoms with Crippen molar-refractivity contribution in [3.8, 4) is 5.75 Å². The molecule has 0 spiro atoms. The van der Waals surface area contributed by atoms with E-state index < -0.39 is 23.8 Å². The standard InChI is InChI=1S/C15H20BrNO4/c1-15(2,3)20-14(18)13(21-17)12-6-4-9-8-10(16)5-7-11(9)19-12/h5,7-8,12-13H,4,6,17H2,1-3H3. The molecular weight excluding hydrogens is 338 g/mol. The van der Waals surface area contributed by atoms with Gasteiger partial charge in [-0.2, -0.15) is 0 Å². The lowest BCUT2D eigenvalue weighted by Crippen LogP contribution is -2.46. The first-order valence-corrected chi connectivity index (χ1v) is 7.63. The van der Waals surface area contributed by atoms with Gasteiger partial charge in [-0.3, -0.25) is 4.84 Å². The Labute approximate surface area is 132 Å². The van der Waals surface area contributed by atoms with E-state index in [-0.39, 0.29) is 0 Å². The quantitative estimate of drug-likeness (QED) is 0.665. The molecule has 0 saturated carbocycles. The van der Waals surface area contributed by atoms with Crippen molar-refractivity contribution in [2.24, 2.45) is 5.90 Å². The molecule has 116 valence electrons. The zero-order chi connectivity index (χ0) is 15.6. The Balaban J connectivity index is 2.11. The number of ether oxygens (including phenoxy) is 2. The maximum Gasteiger partial charge on any atom is 0.341 e. The molecule has 1 aromatic rings. The summed E-state index contributed by atoms with van der Waals surface area (Å²) < 4.78 is 12.2. The van der Waals surface area contributed by atoms with E-state index in [1.54, 1.807) is 20.8 Å². The van der Waals surface area contributed by atoms with Crippen LogP contribution >= 0.6 is 15.9 Å². The van der Waals surface area contributed by atoms with E-state index in [0.717, 1.165) is 22.2 Å². The Kier molecular flexibility index (Phi) is 4.91. The lowest BCUT2D eigenvalue weighted by atomic mass is 9.99. The second kappa shape index (κ2) is 6.34. The average Bonchev–Trinajstić information content (AvgIpc) is 2.37. The first kappa shape index (κ1) is 16.3. The van der Waals surface area contributed by atoms with E-state index >= 15 is 0 Å². The predicted octanol–water partition coefficient (Wildman–Crippen LogP) is 2.74. The van der Waals surface area contributed by atoms with Gasteiger partial charge < -0.3 is 9.47 Å². The molecule has 1 heterocycles. The van der Waals surface area contributed by atoms with Gasteiger partial charge in [-0.1, -0.05) is 15.9 Å². The summed E-state index contributed by atoms with van der Waals surface area (Å²) in [6.45, 7) is 5.40. The number of rotatable bonds is 3. The van der Waals surface area contributed by atoms with E-state index in [1.165, 1.54) is 0 Å².